The van der Waals surface area contributed by atoms with E-state index < -0.39 is 9.84 Å². The van der Waals surface area contributed by atoms with E-state index in [0.717, 1.165) is 36.1 Å². The van der Waals surface area contributed by atoms with Gasteiger partial charge >= 0.3 is 0 Å². The molecule has 0 N–H and O–H groups in total. The van der Waals surface area contributed by atoms with Crippen LogP contribution in [0.2, 0.25) is 0 Å². The molecule has 1 atom stereocenters. The Morgan fingerprint density at radius 2 is 2.13 bits per heavy atom. The van der Waals surface area contributed by atoms with Gasteiger partial charge in [-0.15, -0.1) is 10.2 Å². The van der Waals surface area contributed by atoms with Crippen molar-refractivity contribution in [3.8, 4) is 5.69 Å². The first-order chi connectivity index (χ1) is 11.0. The van der Waals surface area contributed by atoms with Crippen molar-refractivity contribution < 1.29 is 13.2 Å². The third-order valence-electron chi connectivity index (χ3n) is 4.09. The molecule has 0 spiro atoms. The zero-order chi connectivity index (χ0) is 16.4. The van der Waals surface area contributed by atoms with Gasteiger partial charge in [-0.3, -0.25) is 4.57 Å². The van der Waals surface area contributed by atoms with E-state index in [0.29, 0.717) is 6.61 Å². The van der Waals surface area contributed by atoms with Crippen LogP contribution in [0.25, 0.3) is 5.69 Å². The fraction of sp³-hybridized carbons (Fsp3) is 0.500. The van der Waals surface area contributed by atoms with Gasteiger partial charge in [-0.25, -0.2) is 8.42 Å². The van der Waals surface area contributed by atoms with Gasteiger partial charge in [-0.1, -0.05) is 17.7 Å². The lowest BCUT2D eigenvalue weighted by Gasteiger charge is -2.22. The van der Waals surface area contributed by atoms with E-state index in [1.54, 1.807) is 4.57 Å². The Labute approximate surface area is 136 Å². The van der Waals surface area contributed by atoms with Gasteiger partial charge in [-0.2, -0.15) is 0 Å². The largest absolute Gasteiger partial charge is 0.377 e. The molecule has 1 aromatic heterocycles. The van der Waals surface area contributed by atoms with E-state index in [2.05, 4.69) is 10.2 Å². The van der Waals surface area contributed by atoms with E-state index in [4.69, 9.17) is 4.74 Å². The summed E-state index contributed by atoms with van der Waals surface area (Å²) in [4.78, 5) is 0. The van der Waals surface area contributed by atoms with Gasteiger partial charge in [-0.05, 0) is 44.7 Å². The first-order valence-electron chi connectivity index (χ1n) is 7.79. The van der Waals surface area contributed by atoms with Crippen molar-refractivity contribution in [3.63, 3.8) is 0 Å². The lowest BCUT2D eigenvalue weighted by molar-refractivity contribution is 0.0304. The molecule has 1 fully saturated rings. The Balaban J connectivity index is 1.93. The minimum absolute atomic E-state index is 0.0152. The van der Waals surface area contributed by atoms with Crippen LogP contribution in [-0.4, -0.2) is 41.6 Å². The Hall–Kier alpha value is -1.73. The fourth-order valence-electron chi connectivity index (χ4n) is 2.94. The van der Waals surface area contributed by atoms with Crippen LogP contribution in [0.1, 0.15) is 30.4 Å². The highest BCUT2D eigenvalue weighted by molar-refractivity contribution is 7.91. The van der Waals surface area contributed by atoms with Crippen molar-refractivity contribution in [2.75, 3.05) is 12.4 Å². The molecule has 1 aliphatic heterocycles. The minimum atomic E-state index is -3.56. The highest BCUT2D eigenvalue weighted by atomic mass is 32.2. The van der Waals surface area contributed by atoms with Gasteiger partial charge < -0.3 is 4.74 Å². The van der Waals surface area contributed by atoms with Gasteiger partial charge in [0, 0.05) is 6.61 Å². The van der Waals surface area contributed by atoms with E-state index >= 15 is 0 Å². The number of sulfone groups is 1. The van der Waals surface area contributed by atoms with Crippen LogP contribution < -0.4 is 0 Å². The molecule has 2 aromatic rings. The van der Waals surface area contributed by atoms with Crippen molar-refractivity contribution >= 4 is 9.84 Å². The molecule has 0 bridgehead atoms. The molecule has 7 heteroatoms. The average molecular weight is 335 g/mol. The maximum Gasteiger partial charge on any atom is 0.254 e. The van der Waals surface area contributed by atoms with Crippen molar-refractivity contribution in [3.05, 3.63) is 35.7 Å². The van der Waals surface area contributed by atoms with Crippen molar-refractivity contribution in [1.29, 1.82) is 0 Å². The Bertz CT molecular complexity index is 793. The molecule has 3 rings (SSSR count). The number of rotatable bonds is 4. The maximum absolute atomic E-state index is 12.7. The van der Waals surface area contributed by atoms with Crippen LogP contribution >= 0.6 is 0 Å². The molecule has 1 aliphatic rings. The summed E-state index contributed by atoms with van der Waals surface area (Å²) in [6, 6.07) is 5.85. The zero-order valence-corrected chi connectivity index (χ0v) is 14.2. The molecule has 23 heavy (non-hydrogen) atoms. The number of benzene rings is 1. The predicted molar refractivity (Wildman–Crippen MR) is 86.5 cm³/mol. The fourth-order valence-corrected chi connectivity index (χ4v) is 4.45. The number of nitrogens with zero attached hydrogens (tertiary/aromatic N) is 3. The van der Waals surface area contributed by atoms with Gasteiger partial charge in [0.15, 0.2) is 0 Å². The Kier molecular flexibility index (Phi) is 4.50. The maximum atomic E-state index is 12.7. The highest BCUT2D eigenvalue weighted by Crippen LogP contribution is 2.22. The zero-order valence-electron chi connectivity index (χ0n) is 13.4. The summed E-state index contributed by atoms with van der Waals surface area (Å²) in [5.41, 5.74) is 2.89. The third-order valence-corrected chi connectivity index (χ3v) is 5.73. The number of aryl methyl sites for hydroxylation is 2. The van der Waals surface area contributed by atoms with E-state index in [-0.39, 0.29) is 17.0 Å². The summed E-state index contributed by atoms with van der Waals surface area (Å²) in [5, 5.41) is 7.66. The number of hydrogen-bond acceptors (Lipinski definition) is 5. The van der Waals surface area contributed by atoms with E-state index in [1.807, 2.05) is 32.0 Å². The Morgan fingerprint density at radius 3 is 2.83 bits per heavy atom. The summed E-state index contributed by atoms with van der Waals surface area (Å²) in [6.07, 6.45) is 3.97. The second-order valence-corrected chi connectivity index (χ2v) is 7.97. The molecule has 124 valence electrons. The number of hydrogen-bond donors (Lipinski definition) is 0. The van der Waals surface area contributed by atoms with E-state index in [1.165, 1.54) is 6.33 Å². The second kappa shape index (κ2) is 6.41. The number of aromatic nitrogens is 3. The molecular formula is C16H21N3O3S. The predicted octanol–water partition coefficient (Wildman–Crippen LogP) is 2.23. The highest BCUT2D eigenvalue weighted by Gasteiger charge is 2.28. The lowest BCUT2D eigenvalue weighted by Crippen LogP contribution is -2.29. The SMILES string of the molecule is Cc1ccc(-n2cnnc2S(=O)(=O)CC2CCCCO2)c(C)c1. The van der Waals surface area contributed by atoms with Crippen LogP contribution in [0.15, 0.2) is 29.7 Å². The first-order valence-corrected chi connectivity index (χ1v) is 9.44. The molecule has 1 aromatic carbocycles. The monoisotopic (exact) mass is 335 g/mol. The summed E-state index contributed by atoms with van der Waals surface area (Å²) < 4.78 is 32.6. The van der Waals surface area contributed by atoms with Crippen molar-refractivity contribution in [1.82, 2.24) is 14.8 Å². The molecule has 1 saturated heterocycles. The normalized spacial score (nSPS) is 19.0. The standard InChI is InChI=1S/C16H21N3O3S/c1-12-6-7-15(13(2)9-12)19-11-17-18-16(19)23(20,21)10-14-5-3-4-8-22-14/h6-7,9,11,14H,3-5,8,10H2,1-2H3. The summed E-state index contributed by atoms with van der Waals surface area (Å²) in [6.45, 7) is 4.58. The molecule has 0 saturated carbocycles. The van der Waals surface area contributed by atoms with Crippen LogP contribution in [0.4, 0.5) is 0 Å². The lowest BCUT2D eigenvalue weighted by atomic mass is 10.1. The van der Waals surface area contributed by atoms with Gasteiger partial charge in [0.05, 0.1) is 17.5 Å². The molecule has 2 heterocycles. The smallest absolute Gasteiger partial charge is 0.254 e. The van der Waals surface area contributed by atoms with Gasteiger partial charge in [0.1, 0.15) is 6.33 Å². The van der Waals surface area contributed by atoms with E-state index in [9.17, 15) is 8.42 Å². The Morgan fingerprint density at radius 1 is 1.30 bits per heavy atom. The van der Waals surface area contributed by atoms with Crippen molar-refractivity contribution in [2.24, 2.45) is 0 Å². The average Bonchev–Trinajstić information content (AvgIpc) is 2.98. The molecule has 6 nitrogen and oxygen atoms in total. The molecule has 0 radical (unpaired) electrons. The van der Waals surface area contributed by atoms with Crippen LogP contribution in [0.3, 0.4) is 0 Å². The molecule has 0 amide bonds. The van der Waals surface area contributed by atoms with Crippen molar-refractivity contribution in [2.45, 2.75) is 44.4 Å². The van der Waals surface area contributed by atoms with Gasteiger partial charge in [0.25, 0.3) is 5.16 Å². The quantitative estimate of drug-likeness (QED) is 0.856. The van der Waals surface area contributed by atoms with Crippen LogP contribution in [0, 0.1) is 13.8 Å². The second-order valence-electron chi connectivity index (χ2n) is 6.04. The summed E-state index contributed by atoms with van der Waals surface area (Å²) >= 11 is 0. The first kappa shape index (κ1) is 16.1. The van der Waals surface area contributed by atoms with Crippen LogP contribution in [-0.2, 0) is 14.6 Å². The third kappa shape index (κ3) is 3.45. The minimum Gasteiger partial charge on any atom is -0.377 e. The van der Waals surface area contributed by atoms with Gasteiger partial charge in [0.2, 0.25) is 9.84 Å². The summed E-state index contributed by atoms with van der Waals surface area (Å²) in [5.74, 6) is -0.0450. The summed E-state index contributed by atoms with van der Waals surface area (Å²) in [7, 11) is -3.56. The molecule has 0 aliphatic carbocycles. The topological polar surface area (TPSA) is 74.1 Å². The van der Waals surface area contributed by atoms with Crippen LogP contribution in [0.5, 0.6) is 0 Å². The molecule has 1 unspecified atom stereocenters. The number of ether oxygens (including phenoxy) is 1. The molecular weight excluding hydrogens is 314 g/mol.